The molecule has 0 saturated carbocycles. The summed E-state index contributed by atoms with van der Waals surface area (Å²) in [6.45, 7) is 0. The van der Waals surface area contributed by atoms with Gasteiger partial charge < -0.3 is 10.2 Å². The Kier molecular flexibility index (Phi) is 4.84. The Balaban J connectivity index is 1.60. The molecule has 1 aromatic heterocycles. The lowest BCUT2D eigenvalue weighted by Crippen LogP contribution is -2.21. The van der Waals surface area contributed by atoms with Crippen molar-refractivity contribution in [2.45, 2.75) is 0 Å². The summed E-state index contributed by atoms with van der Waals surface area (Å²) in [6, 6.07) is 29.3. The number of amides is 1. The highest BCUT2D eigenvalue weighted by atomic mass is 16.3. The lowest BCUT2D eigenvalue weighted by Gasteiger charge is -2.06. The number of ketones is 1. The molecule has 5 heteroatoms. The van der Waals surface area contributed by atoms with E-state index < -0.39 is 5.91 Å². The van der Waals surface area contributed by atoms with Crippen LogP contribution >= 0.6 is 0 Å². The predicted octanol–water partition coefficient (Wildman–Crippen LogP) is 5.15. The van der Waals surface area contributed by atoms with E-state index in [4.69, 9.17) is 10.2 Å². The van der Waals surface area contributed by atoms with Crippen molar-refractivity contribution in [3.63, 3.8) is 0 Å². The molecule has 0 bridgehead atoms. The van der Waals surface area contributed by atoms with Crippen LogP contribution in [0.4, 0.5) is 5.69 Å². The summed E-state index contributed by atoms with van der Waals surface area (Å²) in [6.07, 6.45) is 0. The number of carbonyl (C=O) groups is 2. The van der Waals surface area contributed by atoms with E-state index in [1.54, 1.807) is 42.5 Å². The standard InChI is InChI=1S/C27H18N2O3/c28-26(31)23-16-22-21-9-5-4-6-17(21)12-15-24(22)32-27(23)29-20-13-10-19(11-14-20)25(30)18-7-2-1-3-8-18/h1-16H,(H2,28,31). The molecule has 0 unspecified atom stereocenters. The molecule has 5 rings (SSSR count). The Bertz CT molecular complexity index is 1550. The largest absolute Gasteiger partial charge is 0.438 e. The first-order chi connectivity index (χ1) is 15.6. The molecule has 5 nitrogen and oxygen atoms in total. The van der Waals surface area contributed by atoms with Gasteiger partial charge in [0.15, 0.2) is 5.78 Å². The Morgan fingerprint density at radius 3 is 2.16 bits per heavy atom. The Labute approximate surface area is 183 Å². The minimum atomic E-state index is -0.627. The van der Waals surface area contributed by atoms with Crippen molar-refractivity contribution in [2.75, 3.05) is 0 Å². The first-order valence-corrected chi connectivity index (χ1v) is 10.1. The number of benzene rings is 4. The predicted molar refractivity (Wildman–Crippen MR) is 124 cm³/mol. The molecule has 32 heavy (non-hydrogen) atoms. The molecular formula is C27H18N2O3. The average Bonchev–Trinajstić information content (AvgIpc) is 2.84. The van der Waals surface area contributed by atoms with Crippen LogP contribution in [0.15, 0.2) is 106 Å². The zero-order valence-electron chi connectivity index (χ0n) is 17.0. The van der Waals surface area contributed by atoms with Crippen LogP contribution in [-0.2, 0) is 0 Å². The maximum atomic E-state index is 12.6. The monoisotopic (exact) mass is 418 g/mol. The van der Waals surface area contributed by atoms with Crippen molar-refractivity contribution in [2.24, 2.45) is 10.7 Å². The average molecular weight is 418 g/mol. The molecular weight excluding hydrogens is 400 g/mol. The molecule has 154 valence electrons. The van der Waals surface area contributed by atoms with Gasteiger partial charge in [0.2, 0.25) is 5.55 Å². The summed E-state index contributed by atoms with van der Waals surface area (Å²) >= 11 is 0. The van der Waals surface area contributed by atoms with E-state index in [1.807, 2.05) is 54.6 Å². The molecule has 0 saturated heterocycles. The van der Waals surface area contributed by atoms with Crippen molar-refractivity contribution in [1.29, 1.82) is 0 Å². The molecule has 0 aliphatic carbocycles. The van der Waals surface area contributed by atoms with Gasteiger partial charge >= 0.3 is 0 Å². The number of nitrogens with zero attached hydrogens (tertiary/aromatic N) is 1. The molecule has 0 fully saturated rings. The maximum absolute atomic E-state index is 12.6. The highest BCUT2D eigenvalue weighted by Gasteiger charge is 2.12. The number of fused-ring (bicyclic) bond motifs is 3. The van der Waals surface area contributed by atoms with Crippen LogP contribution in [0.5, 0.6) is 0 Å². The van der Waals surface area contributed by atoms with Gasteiger partial charge in [-0.3, -0.25) is 9.59 Å². The molecule has 5 aromatic rings. The molecule has 0 aliphatic rings. The molecule has 0 spiro atoms. The van der Waals surface area contributed by atoms with Crippen molar-refractivity contribution >= 4 is 39.1 Å². The van der Waals surface area contributed by atoms with Crippen LogP contribution in [0, 0.1) is 0 Å². The van der Waals surface area contributed by atoms with E-state index >= 15 is 0 Å². The highest BCUT2D eigenvalue weighted by molar-refractivity contribution is 6.09. The van der Waals surface area contributed by atoms with Crippen molar-refractivity contribution in [3.8, 4) is 0 Å². The fourth-order valence-electron chi connectivity index (χ4n) is 3.70. The number of rotatable bonds is 4. The quantitative estimate of drug-likeness (QED) is 0.324. The number of carbonyl (C=O) groups excluding carboxylic acids is 2. The molecule has 2 N–H and O–H groups in total. The molecule has 1 amide bonds. The molecule has 0 radical (unpaired) electrons. The van der Waals surface area contributed by atoms with Gasteiger partial charge in [-0.25, -0.2) is 4.99 Å². The number of hydrogen-bond acceptors (Lipinski definition) is 4. The number of hydrogen-bond donors (Lipinski definition) is 1. The van der Waals surface area contributed by atoms with Crippen LogP contribution in [0.25, 0.3) is 21.7 Å². The van der Waals surface area contributed by atoms with E-state index in [9.17, 15) is 9.59 Å². The lowest BCUT2D eigenvalue weighted by molar-refractivity contribution is 0.0995. The third kappa shape index (κ3) is 3.56. The summed E-state index contributed by atoms with van der Waals surface area (Å²) in [4.78, 5) is 29.2. The summed E-state index contributed by atoms with van der Waals surface area (Å²) in [5, 5.41) is 2.79. The van der Waals surface area contributed by atoms with E-state index in [0.717, 1.165) is 16.2 Å². The van der Waals surface area contributed by atoms with Crippen molar-refractivity contribution in [1.82, 2.24) is 0 Å². The topological polar surface area (TPSA) is 85.7 Å². The minimum absolute atomic E-state index is 0.0720. The van der Waals surface area contributed by atoms with E-state index in [1.165, 1.54) is 0 Å². The van der Waals surface area contributed by atoms with Crippen LogP contribution in [0.1, 0.15) is 26.3 Å². The third-order valence-electron chi connectivity index (χ3n) is 5.32. The van der Waals surface area contributed by atoms with Gasteiger partial charge in [0.1, 0.15) is 11.1 Å². The second-order valence-electron chi connectivity index (χ2n) is 7.38. The van der Waals surface area contributed by atoms with Crippen LogP contribution in [0.2, 0.25) is 0 Å². The molecule has 1 heterocycles. The van der Waals surface area contributed by atoms with Gasteiger partial charge in [0.05, 0.1) is 5.69 Å². The SMILES string of the molecule is NC(=O)c1cc2c(ccc3ccccc32)oc1=Nc1ccc(C(=O)c2ccccc2)cc1. The summed E-state index contributed by atoms with van der Waals surface area (Å²) in [5.41, 5.74) is 8.26. The van der Waals surface area contributed by atoms with Crippen LogP contribution < -0.4 is 11.3 Å². The first-order valence-electron chi connectivity index (χ1n) is 10.1. The summed E-state index contributed by atoms with van der Waals surface area (Å²) in [7, 11) is 0. The van der Waals surface area contributed by atoms with Crippen molar-refractivity contribution in [3.05, 3.63) is 119 Å². The fraction of sp³-hybridized carbons (Fsp3) is 0. The number of primary amides is 1. The summed E-state index contributed by atoms with van der Waals surface area (Å²) in [5.74, 6) is -0.699. The van der Waals surface area contributed by atoms with Crippen LogP contribution in [0.3, 0.4) is 0 Å². The van der Waals surface area contributed by atoms with Gasteiger partial charge in [-0.15, -0.1) is 0 Å². The lowest BCUT2D eigenvalue weighted by atomic mass is 10.0. The van der Waals surface area contributed by atoms with Gasteiger partial charge in [0.25, 0.3) is 5.91 Å². The van der Waals surface area contributed by atoms with Crippen LogP contribution in [-0.4, -0.2) is 11.7 Å². The first kappa shape index (κ1) is 19.5. The second kappa shape index (κ2) is 7.96. The zero-order chi connectivity index (χ0) is 22.1. The Morgan fingerprint density at radius 1 is 0.719 bits per heavy atom. The Morgan fingerprint density at radius 2 is 1.41 bits per heavy atom. The third-order valence-corrected chi connectivity index (χ3v) is 5.32. The smallest absolute Gasteiger partial charge is 0.254 e. The van der Waals surface area contributed by atoms with Gasteiger partial charge in [0, 0.05) is 16.5 Å². The van der Waals surface area contributed by atoms with Gasteiger partial charge in [-0.2, -0.15) is 0 Å². The van der Waals surface area contributed by atoms with Crippen molar-refractivity contribution < 1.29 is 14.0 Å². The van der Waals surface area contributed by atoms with Gasteiger partial charge in [-0.05, 0) is 47.2 Å². The maximum Gasteiger partial charge on any atom is 0.254 e. The zero-order valence-corrected chi connectivity index (χ0v) is 17.0. The molecule has 0 atom stereocenters. The summed E-state index contributed by atoms with van der Waals surface area (Å²) < 4.78 is 5.98. The van der Waals surface area contributed by atoms with Gasteiger partial charge in [-0.1, -0.05) is 60.7 Å². The van der Waals surface area contributed by atoms with E-state index in [-0.39, 0.29) is 16.9 Å². The molecule has 4 aromatic carbocycles. The fourth-order valence-corrected chi connectivity index (χ4v) is 3.70. The molecule has 0 aliphatic heterocycles. The normalized spacial score (nSPS) is 11.7. The second-order valence-corrected chi connectivity index (χ2v) is 7.38. The van der Waals surface area contributed by atoms with E-state index in [0.29, 0.717) is 22.4 Å². The van der Waals surface area contributed by atoms with E-state index in [2.05, 4.69) is 4.99 Å². The Hall–Kier alpha value is -4.51. The highest BCUT2D eigenvalue weighted by Crippen LogP contribution is 2.25. The minimum Gasteiger partial charge on any atom is -0.438 e. The number of nitrogens with two attached hydrogens (primary N) is 1.